The molecule has 2 amide bonds. The van der Waals surface area contributed by atoms with Gasteiger partial charge in [0.1, 0.15) is 5.76 Å². The molecule has 0 radical (unpaired) electrons. The van der Waals surface area contributed by atoms with Gasteiger partial charge in [0.2, 0.25) is 5.91 Å². The van der Waals surface area contributed by atoms with Crippen molar-refractivity contribution in [1.82, 2.24) is 10.3 Å². The van der Waals surface area contributed by atoms with Crippen molar-refractivity contribution in [2.45, 2.75) is 33.2 Å². The second kappa shape index (κ2) is 8.18. The van der Waals surface area contributed by atoms with Gasteiger partial charge in [-0.1, -0.05) is 24.3 Å². The molecule has 2 aromatic heterocycles. The zero-order valence-electron chi connectivity index (χ0n) is 15.4. The Balaban J connectivity index is 1.57. The highest BCUT2D eigenvalue weighted by molar-refractivity contribution is 7.14. The Morgan fingerprint density at radius 3 is 2.70 bits per heavy atom. The fraction of sp³-hybridized carbons (Fsp3) is 0.250. The molecule has 0 aliphatic rings. The van der Waals surface area contributed by atoms with Crippen molar-refractivity contribution >= 4 is 28.3 Å². The minimum Gasteiger partial charge on any atom is -0.469 e. The fourth-order valence-corrected chi connectivity index (χ4v) is 3.54. The first kappa shape index (κ1) is 18.8. The van der Waals surface area contributed by atoms with Crippen LogP contribution in [0.3, 0.4) is 0 Å². The maximum absolute atomic E-state index is 12.3. The molecule has 2 heterocycles. The first-order valence-electron chi connectivity index (χ1n) is 8.58. The number of aryl methyl sites for hydroxylation is 2. The van der Waals surface area contributed by atoms with E-state index < -0.39 is 0 Å². The topological polar surface area (TPSA) is 84.2 Å². The molecular weight excluding hydrogens is 362 g/mol. The van der Waals surface area contributed by atoms with Gasteiger partial charge in [-0.2, -0.15) is 0 Å². The van der Waals surface area contributed by atoms with Crippen molar-refractivity contribution in [2.75, 3.05) is 5.32 Å². The van der Waals surface area contributed by atoms with Crippen molar-refractivity contribution < 1.29 is 14.0 Å². The Morgan fingerprint density at radius 2 is 2.00 bits per heavy atom. The van der Waals surface area contributed by atoms with Crippen molar-refractivity contribution in [2.24, 2.45) is 0 Å². The number of anilines is 1. The summed E-state index contributed by atoms with van der Waals surface area (Å²) in [4.78, 5) is 28.8. The standard InChI is InChI=1S/C20H21N3O3S/c1-12-6-4-5-7-16(12)13(2)21-18(24)10-15-11-27-20(22-15)23-19(25)17-8-9-26-14(17)3/h4-9,11,13H,10H2,1-3H3,(H,21,24)(H,22,23,25). The largest absolute Gasteiger partial charge is 0.469 e. The number of rotatable bonds is 6. The summed E-state index contributed by atoms with van der Waals surface area (Å²) in [6, 6.07) is 9.50. The van der Waals surface area contributed by atoms with E-state index in [4.69, 9.17) is 4.42 Å². The highest BCUT2D eigenvalue weighted by atomic mass is 32.1. The summed E-state index contributed by atoms with van der Waals surface area (Å²) in [5, 5.41) is 7.95. The number of carbonyl (C=O) groups excluding carboxylic acids is 2. The molecule has 27 heavy (non-hydrogen) atoms. The predicted molar refractivity (Wildman–Crippen MR) is 105 cm³/mol. The van der Waals surface area contributed by atoms with Crippen LogP contribution < -0.4 is 10.6 Å². The average molecular weight is 383 g/mol. The van der Waals surface area contributed by atoms with E-state index in [1.54, 1.807) is 18.4 Å². The highest BCUT2D eigenvalue weighted by Gasteiger charge is 2.16. The van der Waals surface area contributed by atoms with Crippen LogP contribution in [-0.2, 0) is 11.2 Å². The monoisotopic (exact) mass is 383 g/mol. The number of hydrogen-bond acceptors (Lipinski definition) is 5. The molecule has 0 bridgehead atoms. The third kappa shape index (κ3) is 4.62. The van der Waals surface area contributed by atoms with E-state index in [0.29, 0.717) is 22.1 Å². The number of nitrogens with one attached hydrogen (secondary N) is 2. The molecule has 2 N–H and O–H groups in total. The van der Waals surface area contributed by atoms with Crippen LogP contribution in [0.2, 0.25) is 0 Å². The van der Waals surface area contributed by atoms with Crippen molar-refractivity contribution in [3.05, 3.63) is 70.1 Å². The molecule has 0 aliphatic carbocycles. The van der Waals surface area contributed by atoms with Gasteiger partial charge in [-0.05, 0) is 38.0 Å². The van der Waals surface area contributed by atoms with Gasteiger partial charge in [-0.3, -0.25) is 14.9 Å². The van der Waals surface area contributed by atoms with Crippen LogP contribution in [0.5, 0.6) is 0 Å². The van der Waals surface area contributed by atoms with E-state index in [0.717, 1.165) is 11.1 Å². The van der Waals surface area contributed by atoms with E-state index in [1.807, 2.05) is 38.1 Å². The summed E-state index contributed by atoms with van der Waals surface area (Å²) in [6.45, 7) is 5.71. The molecule has 6 nitrogen and oxygen atoms in total. The van der Waals surface area contributed by atoms with Gasteiger partial charge in [0, 0.05) is 5.38 Å². The third-order valence-corrected chi connectivity index (χ3v) is 5.06. The van der Waals surface area contributed by atoms with Crippen LogP contribution in [0.1, 0.15) is 45.9 Å². The number of hydrogen-bond donors (Lipinski definition) is 2. The lowest BCUT2D eigenvalue weighted by Gasteiger charge is -2.16. The van der Waals surface area contributed by atoms with Gasteiger partial charge in [0.25, 0.3) is 5.91 Å². The average Bonchev–Trinajstić information content (AvgIpc) is 3.23. The number of furan rings is 1. The van der Waals surface area contributed by atoms with Gasteiger partial charge in [-0.25, -0.2) is 4.98 Å². The first-order valence-corrected chi connectivity index (χ1v) is 9.46. The summed E-state index contributed by atoms with van der Waals surface area (Å²) in [6.07, 6.45) is 1.63. The zero-order valence-corrected chi connectivity index (χ0v) is 16.2. The molecule has 1 atom stereocenters. The van der Waals surface area contributed by atoms with Crippen LogP contribution in [0.15, 0.2) is 46.4 Å². The lowest BCUT2D eigenvalue weighted by atomic mass is 10.0. The van der Waals surface area contributed by atoms with E-state index in [9.17, 15) is 9.59 Å². The Morgan fingerprint density at radius 1 is 1.22 bits per heavy atom. The SMILES string of the molecule is Cc1ccccc1C(C)NC(=O)Cc1csc(NC(=O)c2ccoc2C)n1. The molecule has 0 saturated heterocycles. The molecule has 0 spiro atoms. The van der Waals surface area contributed by atoms with Gasteiger partial charge in [0.05, 0.1) is 30.0 Å². The highest BCUT2D eigenvalue weighted by Crippen LogP contribution is 2.20. The molecule has 1 unspecified atom stereocenters. The van der Waals surface area contributed by atoms with Gasteiger partial charge in [0.15, 0.2) is 5.13 Å². The molecule has 3 aromatic rings. The lowest BCUT2D eigenvalue weighted by Crippen LogP contribution is -2.28. The van der Waals surface area contributed by atoms with E-state index in [2.05, 4.69) is 15.6 Å². The van der Waals surface area contributed by atoms with Crippen LogP contribution in [0.25, 0.3) is 0 Å². The summed E-state index contributed by atoms with van der Waals surface area (Å²) >= 11 is 1.29. The number of benzene rings is 1. The van der Waals surface area contributed by atoms with Gasteiger partial charge in [-0.15, -0.1) is 11.3 Å². The fourth-order valence-electron chi connectivity index (χ4n) is 2.84. The molecule has 1 aromatic carbocycles. The minimum atomic E-state index is -0.278. The van der Waals surface area contributed by atoms with Crippen LogP contribution in [0.4, 0.5) is 5.13 Å². The Kier molecular flexibility index (Phi) is 5.71. The van der Waals surface area contributed by atoms with E-state index >= 15 is 0 Å². The van der Waals surface area contributed by atoms with Crippen LogP contribution in [0, 0.1) is 13.8 Å². The summed E-state index contributed by atoms with van der Waals surface area (Å²) in [7, 11) is 0. The zero-order chi connectivity index (χ0) is 19.4. The first-order chi connectivity index (χ1) is 12.9. The molecular formula is C20H21N3O3S. The number of amides is 2. The quantitative estimate of drug-likeness (QED) is 0.673. The maximum atomic E-state index is 12.3. The molecule has 0 aliphatic heterocycles. The van der Waals surface area contributed by atoms with E-state index in [1.165, 1.54) is 17.6 Å². The number of nitrogens with zero attached hydrogens (tertiary/aromatic N) is 1. The molecule has 3 rings (SSSR count). The van der Waals surface area contributed by atoms with Crippen molar-refractivity contribution in [1.29, 1.82) is 0 Å². The number of carbonyl (C=O) groups is 2. The van der Waals surface area contributed by atoms with Crippen molar-refractivity contribution in [3.8, 4) is 0 Å². The van der Waals surface area contributed by atoms with Crippen LogP contribution in [-0.4, -0.2) is 16.8 Å². The number of thiazole rings is 1. The number of aromatic nitrogens is 1. The van der Waals surface area contributed by atoms with Gasteiger partial charge < -0.3 is 9.73 Å². The Hall–Kier alpha value is -2.93. The Bertz CT molecular complexity index is 961. The molecule has 0 fully saturated rings. The lowest BCUT2D eigenvalue weighted by molar-refractivity contribution is -0.121. The molecule has 0 saturated carbocycles. The van der Waals surface area contributed by atoms with Gasteiger partial charge >= 0.3 is 0 Å². The summed E-state index contributed by atoms with van der Waals surface area (Å²) < 4.78 is 5.13. The normalized spacial score (nSPS) is 11.8. The second-order valence-corrected chi connectivity index (χ2v) is 7.17. The molecule has 140 valence electrons. The Labute approximate surface area is 161 Å². The maximum Gasteiger partial charge on any atom is 0.260 e. The summed E-state index contributed by atoms with van der Waals surface area (Å²) in [5.41, 5.74) is 3.32. The third-order valence-electron chi connectivity index (χ3n) is 4.25. The predicted octanol–water partition coefficient (Wildman–Crippen LogP) is 4.03. The van der Waals surface area contributed by atoms with Crippen molar-refractivity contribution in [3.63, 3.8) is 0 Å². The van der Waals surface area contributed by atoms with Crippen LogP contribution >= 0.6 is 11.3 Å². The second-order valence-electron chi connectivity index (χ2n) is 6.31. The summed E-state index contributed by atoms with van der Waals surface area (Å²) in [5.74, 6) is 0.160. The minimum absolute atomic E-state index is 0.0828. The van der Waals surface area contributed by atoms with E-state index in [-0.39, 0.29) is 24.3 Å². The smallest absolute Gasteiger partial charge is 0.260 e. The molecule has 7 heteroatoms.